The molecule has 1 N–H and O–H groups in total. The van der Waals surface area contributed by atoms with Crippen molar-refractivity contribution in [3.8, 4) is 5.75 Å². The average molecular weight is 389 g/mol. The van der Waals surface area contributed by atoms with E-state index in [2.05, 4.69) is 5.32 Å². The topological polar surface area (TPSA) is 94.8 Å². The van der Waals surface area contributed by atoms with Crippen LogP contribution in [0.15, 0.2) is 27.4 Å². The van der Waals surface area contributed by atoms with Crippen LogP contribution in [0.4, 0.5) is 4.79 Å². The Balaban J connectivity index is 2.22. The van der Waals surface area contributed by atoms with Crippen LogP contribution in [0.1, 0.15) is 52.2 Å². The van der Waals surface area contributed by atoms with Gasteiger partial charge in [0.15, 0.2) is 0 Å². The minimum absolute atomic E-state index is 0.270. The van der Waals surface area contributed by atoms with Gasteiger partial charge in [-0.2, -0.15) is 0 Å². The normalized spacial score (nSPS) is 12.5. The van der Waals surface area contributed by atoms with E-state index in [0.717, 1.165) is 23.8 Å². The number of amides is 1. The molecule has 7 heteroatoms. The van der Waals surface area contributed by atoms with Gasteiger partial charge < -0.3 is 19.2 Å². The summed E-state index contributed by atoms with van der Waals surface area (Å²) >= 11 is 0. The maximum Gasteiger partial charge on any atom is 0.408 e. The van der Waals surface area contributed by atoms with E-state index in [-0.39, 0.29) is 5.75 Å². The smallest absolute Gasteiger partial charge is 0.408 e. The quantitative estimate of drug-likeness (QED) is 0.474. The first-order valence-corrected chi connectivity index (χ1v) is 9.29. The molecule has 0 bridgehead atoms. The van der Waals surface area contributed by atoms with Gasteiger partial charge in [-0.15, -0.1) is 0 Å². The first kappa shape index (κ1) is 21.5. The summed E-state index contributed by atoms with van der Waals surface area (Å²) in [6, 6.07) is 4.01. The molecule has 0 aliphatic carbocycles. The second kappa shape index (κ2) is 8.46. The largest absolute Gasteiger partial charge is 0.444 e. The minimum Gasteiger partial charge on any atom is -0.444 e. The van der Waals surface area contributed by atoms with Crippen LogP contribution in [0.25, 0.3) is 11.0 Å². The van der Waals surface area contributed by atoms with E-state index in [1.165, 1.54) is 13.0 Å². The fourth-order valence-corrected chi connectivity index (χ4v) is 2.73. The van der Waals surface area contributed by atoms with Gasteiger partial charge in [0.25, 0.3) is 0 Å². The van der Waals surface area contributed by atoms with Crippen molar-refractivity contribution in [1.82, 2.24) is 5.32 Å². The second-order valence-corrected chi connectivity index (χ2v) is 7.70. The van der Waals surface area contributed by atoms with Crippen LogP contribution in [0.5, 0.6) is 5.75 Å². The molecule has 1 aromatic heterocycles. The van der Waals surface area contributed by atoms with Crippen molar-refractivity contribution in [3.63, 3.8) is 0 Å². The summed E-state index contributed by atoms with van der Waals surface area (Å²) in [5, 5.41) is 3.26. The van der Waals surface area contributed by atoms with Crippen LogP contribution in [-0.2, 0) is 16.0 Å². The van der Waals surface area contributed by atoms with Crippen molar-refractivity contribution in [2.75, 3.05) is 0 Å². The number of fused-ring (bicyclic) bond motifs is 1. The van der Waals surface area contributed by atoms with Crippen molar-refractivity contribution in [1.29, 1.82) is 0 Å². The highest BCUT2D eigenvalue weighted by Crippen LogP contribution is 2.29. The summed E-state index contributed by atoms with van der Waals surface area (Å²) < 4.78 is 15.9. The molecule has 0 unspecified atom stereocenters. The van der Waals surface area contributed by atoms with E-state index in [1.807, 2.05) is 6.92 Å². The summed E-state index contributed by atoms with van der Waals surface area (Å²) in [6.45, 7) is 10.4. The highest BCUT2D eigenvalue weighted by atomic mass is 16.6. The lowest BCUT2D eigenvalue weighted by Crippen LogP contribution is -2.43. The Bertz CT molecular complexity index is 938. The predicted molar refractivity (Wildman–Crippen MR) is 106 cm³/mol. The van der Waals surface area contributed by atoms with Gasteiger partial charge in [-0.05, 0) is 58.7 Å². The molecule has 0 radical (unpaired) electrons. The summed E-state index contributed by atoms with van der Waals surface area (Å²) in [5.74, 6) is -0.382. The number of hydrogen-bond acceptors (Lipinski definition) is 6. The SMILES string of the molecule is CCCc1cc(=O)oc2c(C)c(OC(=O)[C@H](C)NC(=O)OC(C)(C)C)ccc12. The Kier molecular flexibility index (Phi) is 6.48. The first-order chi connectivity index (χ1) is 13.0. The maximum atomic E-state index is 12.4. The molecular weight excluding hydrogens is 362 g/mol. The average Bonchev–Trinajstić information content (AvgIpc) is 2.56. The van der Waals surface area contributed by atoms with E-state index in [9.17, 15) is 14.4 Å². The molecule has 0 aliphatic rings. The molecule has 2 rings (SSSR count). The van der Waals surface area contributed by atoms with E-state index in [4.69, 9.17) is 13.9 Å². The third-order valence-electron chi connectivity index (χ3n) is 4.01. The molecule has 2 aromatic rings. The van der Waals surface area contributed by atoms with Gasteiger partial charge in [0, 0.05) is 17.0 Å². The Hall–Kier alpha value is -2.83. The molecule has 1 aromatic carbocycles. The van der Waals surface area contributed by atoms with Gasteiger partial charge in [-0.25, -0.2) is 14.4 Å². The lowest BCUT2D eigenvalue weighted by Gasteiger charge is -2.21. The number of nitrogens with one attached hydrogen (secondary N) is 1. The van der Waals surface area contributed by atoms with Crippen molar-refractivity contribution in [3.05, 3.63) is 39.7 Å². The van der Waals surface area contributed by atoms with Crippen molar-refractivity contribution in [2.45, 2.75) is 66.0 Å². The maximum absolute atomic E-state index is 12.4. The van der Waals surface area contributed by atoms with Crippen LogP contribution in [0.2, 0.25) is 0 Å². The van der Waals surface area contributed by atoms with Crippen molar-refractivity contribution in [2.24, 2.45) is 0 Å². The van der Waals surface area contributed by atoms with Gasteiger partial charge in [-0.3, -0.25) is 0 Å². The molecule has 1 amide bonds. The number of ether oxygens (including phenoxy) is 2. The lowest BCUT2D eigenvalue weighted by atomic mass is 10.0. The van der Waals surface area contributed by atoms with Gasteiger partial charge in [0.05, 0.1) is 0 Å². The third-order valence-corrected chi connectivity index (χ3v) is 4.01. The number of alkyl carbamates (subject to hydrolysis) is 1. The highest BCUT2D eigenvalue weighted by Gasteiger charge is 2.23. The number of carbonyl (C=O) groups is 2. The molecule has 0 saturated carbocycles. The van der Waals surface area contributed by atoms with E-state index in [0.29, 0.717) is 11.1 Å². The molecule has 28 heavy (non-hydrogen) atoms. The van der Waals surface area contributed by atoms with E-state index in [1.54, 1.807) is 39.8 Å². The number of aryl methyl sites for hydroxylation is 2. The van der Waals surface area contributed by atoms with E-state index >= 15 is 0 Å². The third kappa shape index (κ3) is 5.34. The molecular formula is C21H27NO6. The number of carbonyl (C=O) groups excluding carboxylic acids is 2. The zero-order valence-corrected chi connectivity index (χ0v) is 17.2. The zero-order valence-electron chi connectivity index (χ0n) is 17.2. The Morgan fingerprint density at radius 1 is 1.25 bits per heavy atom. The number of hydrogen-bond donors (Lipinski definition) is 1. The number of rotatable bonds is 5. The Morgan fingerprint density at radius 3 is 2.54 bits per heavy atom. The van der Waals surface area contributed by atoms with Crippen LogP contribution in [0.3, 0.4) is 0 Å². The Labute approximate surface area is 164 Å². The second-order valence-electron chi connectivity index (χ2n) is 7.70. The standard InChI is InChI=1S/C21H27NO6/c1-7-8-14-11-17(23)27-18-12(2)16(10-9-15(14)18)26-19(24)13(3)22-20(25)28-21(4,5)6/h9-11,13H,7-8H2,1-6H3,(H,22,25)/t13-/m0/s1. The molecule has 152 valence electrons. The predicted octanol–water partition coefficient (Wildman–Crippen LogP) is 3.87. The summed E-state index contributed by atoms with van der Waals surface area (Å²) in [6.07, 6.45) is 0.932. The van der Waals surface area contributed by atoms with Crippen LogP contribution >= 0.6 is 0 Å². The fourth-order valence-electron chi connectivity index (χ4n) is 2.73. The van der Waals surface area contributed by atoms with Crippen molar-refractivity contribution < 1.29 is 23.5 Å². The van der Waals surface area contributed by atoms with E-state index < -0.39 is 29.3 Å². The lowest BCUT2D eigenvalue weighted by molar-refractivity contribution is -0.136. The number of benzene rings is 1. The van der Waals surface area contributed by atoms with Crippen molar-refractivity contribution >= 4 is 23.0 Å². The van der Waals surface area contributed by atoms with Crippen LogP contribution in [0, 0.1) is 6.92 Å². The highest BCUT2D eigenvalue weighted by molar-refractivity contribution is 5.87. The molecule has 0 aliphatic heterocycles. The first-order valence-electron chi connectivity index (χ1n) is 9.29. The summed E-state index contributed by atoms with van der Waals surface area (Å²) in [4.78, 5) is 36.0. The van der Waals surface area contributed by atoms with Gasteiger partial charge in [0.2, 0.25) is 0 Å². The molecule has 1 heterocycles. The summed E-state index contributed by atoms with van der Waals surface area (Å²) in [5.41, 5.74) is 0.729. The van der Waals surface area contributed by atoms with Gasteiger partial charge in [0.1, 0.15) is 23.0 Å². The van der Waals surface area contributed by atoms with Gasteiger partial charge in [-0.1, -0.05) is 13.3 Å². The zero-order chi connectivity index (χ0) is 21.1. The fraction of sp³-hybridized carbons (Fsp3) is 0.476. The summed E-state index contributed by atoms with van der Waals surface area (Å²) in [7, 11) is 0. The molecule has 0 spiro atoms. The minimum atomic E-state index is -0.914. The monoisotopic (exact) mass is 389 g/mol. The molecule has 0 fully saturated rings. The molecule has 7 nitrogen and oxygen atoms in total. The Morgan fingerprint density at radius 2 is 1.93 bits per heavy atom. The van der Waals surface area contributed by atoms with Crippen LogP contribution in [-0.4, -0.2) is 23.7 Å². The van der Waals surface area contributed by atoms with Crippen LogP contribution < -0.4 is 15.7 Å². The molecule has 1 atom stereocenters. The molecule has 0 saturated heterocycles. The number of esters is 1. The van der Waals surface area contributed by atoms with Gasteiger partial charge >= 0.3 is 17.7 Å².